The Morgan fingerprint density at radius 1 is 1.56 bits per heavy atom. The minimum absolute atomic E-state index is 0.108. The third-order valence-electron chi connectivity index (χ3n) is 4.21. The third kappa shape index (κ3) is 2.68. The number of aliphatic hydroxyl groups is 2. The Kier molecular flexibility index (Phi) is 4.27. The fourth-order valence-corrected chi connectivity index (χ4v) is 3.01. The molecule has 1 amide bonds. The summed E-state index contributed by atoms with van der Waals surface area (Å²) < 4.78 is 21.7. The molecule has 3 N–H and O–H groups in total. The molecule has 0 bridgehead atoms. The van der Waals surface area contributed by atoms with Gasteiger partial charge in [0, 0.05) is 18.7 Å². The zero-order valence-corrected chi connectivity index (χ0v) is 13.5. The highest BCUT2D eigenvalue weighted by Gasteiger charge is 2.55. The molecule has 0 radical (unpaired) electrons. The summed E-state index contributed by atoms with van der Waals surface area (Å²) in [5.74, 6) is -0.288. The van der Waals surface area contributed by atoms with Gasteiger partial charge < -0.3 is 24.8 Å². The van der Waals surface area contributed by atoms with Gasteiger partial charge in [0.15, 0.2) is 18.2 Å². The van der Waals surface area contributed by atoms with Crippen molar-refractivity contribution in [2.24, 2.45) is 0 Å². The highest BCUT2D eigenvalue weighted by Crippen LogP contribution is 2.43. The first kappa shape index (κ1) is 17.4. The quantitative estimate of drug-likeness (QED) is 0.670. The molecule has 2 unspecified atom stereocenters. The molecule has 0 saturated carbocycles. The Morgan fingerprint density at radius 3 is 2.84 bits per heavy atom. The Morgan fingerprint density at radius 2 is 2.28 bits per heavy atom. The number of fused-ring (bicyclic) bond motifs is 1. The maximum Gasteiger partial charge on any atom is 0.222 e. The molecule has 3 rings (SSSR count). The van der Waals surface area contributed by atoms with Crippen molar-refractivity contribution in [1.82, 2.24) is 14.5 Å². The van der Waals surface area contributed by atoms with E-state index in [0.717, 1.165) is 13.3 Å². The summed E-state index contributed by atoms with van der Waals surface area (Å²) in [6, 6.07) is 0. The number of alkyl halides is 1. The van der Waals surface area contributed by atoms with Crippen molar-refractivity contribution in [2.75, 3.05) is 11.9 Å². The van der Waals surface area contributed by atoms with Gasteiger partial charge in [-0.25, -0.2) is 14.4 Å². The van der Waals surface area contributed by atoms with Gasteiger partial charge in [0.25, 0.3) is 0 Å². The second kappa shape index (κ2) is 6.14. The van der Waals surface area contributed by atoms with Gasteiger partial charge in [-0.3, -0.25) is 9.59 Å². The molecule has 1 aliphatic rings. The van der Waals surface area contributed by atoms with Gasteiger partial charge >= 0.3 is 0 Å². The maximum atomic E-state index is 15.0. The zero-order valence-electron chi connectivity index (χ0n) is 13.5. The van der Waals surface area contributed by atoms with Crippen LogP contribution in [0, 0.1) is 0 Å². The Balaban J connectivity index is 2.18. The van der Waals surface area contributed by atoms with Crippen LogP contribution in [0.15, 0.2) is 12.5 Å². The van der Waals surface area contributed by atoms with Crippen LogP contribution in [-0.4, -0.2) is 61.4 Å². The number of aliphatic hydroxyl groups excluding tert-OH is 2. The van der Waals surface area contributed by atoms with E-state index in [1.165, 1.54) is 17.7 Å². The van der Waals surface area contributed by atoms with E-state index in [0.29, 0.717) is 6.29 Å². The van der Waals surface area contributed by atoms with E-state index in [4.69, 9.17) is 4.74 Å². The van der Waals surface area contributed by atoms with Gasteiger partial charge in [-0.05, 0) is 6.92 Å². The van der Waals surface area contributed by atoms with Crippen molar-refractivity contribution in [3.63, 3.8) is 0 Å². The Labute approximate surface area is 141 Å². The van der Waals surface area contributed by atoms with E-state index in [2.05, 4.69) is 15.3 Å². The van der Waals surface area contributed by atoms with Crippen LogP contribution in [0.1, 0.15) is 30.4 Å². The van der Waals surface area contributed by atoms with E-state index < -0.39 is 36.6 Å². The number of amides is 1. The summed E-state index contributed by atoms with van der Waals surface area (Å²) in [4.78, 5) is 30.8. The fraction of sp³-hybridized carbons (Fsp3) is 0.467. The van der Waals surface area contributed by atoms with E-state index in [-0.39, 0.29) is 22.4 Å². The molecule has 0 aromatic carbocycles. The van der Waals surface area contributed by atoms with E-state index in [1.54, 1.807) is 0 Å². The van der Waals surface area contributed by atoms with Gasteiger partial charge in [0.1, 0.15) is 30.0 Å². The third-order valence-corrected chi connectivity index (χ3v) is 4.21. The first-order valence-electron chi connectivity index (χ1n) is 7.52. The molecule has 10 heteroatoms. The van der Waals surface area contributed by atoms with Crippen molar-refractivity contribution in [3.8, 4) is 0 Å². The van der Waals surface area contributed by atoms with E-state index >= 15 is 4.39 Å². The number of nitrogens with zero attached hydrogens (tertiary/aromatic N) is 3. The lowest BCUT2D eigenvalue weighted by atomic mass is 9.98. The number of halogens is 1. The van der Waals surface area contributed by atoms with Crippen LogP contribution < -0.4 is 5.32 Å². The molecule has 0 aliphatic carbocycles. The average molecular weight is 352 g/mol. The van der Waals surface area contributed by atoms with Gasteiger partial charge in [-0.2, -0.15) is 0 Å². The topological polar surface area (TPSA) is 127 Å². The molecule has 9 nitrogen and oxygen atoms in total. The normalized spacial score (nSPS) is 29.1. The maximum absolute atomic E-state index is 15.0. The highest BCUT2D eigenvalue weighted by molar-refractivity contribution is 6.05. The molecule has 2 aromatic rings. The lowest BCUT2D eigenvalue weighted by molar-refractivity contribution is -0.114. The van der Waals surface area contributed by atoms with E-state index in [1.807, 2.05) is 0 Å². The summed E-state index contributed by atoms with van der Waals surface area (Å²) in [6.45, 7) is 1.86. The summed E-state index contributed by atoms with van der Waals surface area (Å²) in [5, 5.41) is 22.0. The number of carbonyl (C=O) groups excluding carboxylic acids is 2. The number of hydrogen-bond acceptors (Lipinski definition) is 7. The summed E-state index contributed by atoms with van der Waals surface area (Å²) in [6.07, 6.45) is -1.01. The summed E-state index contributed by atoms with van der Waals surface area (Å²) in [7, 11) is 0. The summed E-state index contributed by atoms with van der Waals surface area (Å²) >= 11 is 0. The Hall–Kier alpha value is -2.43. The lowest BCUT2D eigenvalue weighted by Crippen LogP contribution is -2.40. The largest absolute Gasteiger partial charge is 0.394 e. The fourth-order valence-electron chi connectivity index (χ4n) is 3.01. The van der Waals surface area contributed by atoms with Crippen LogP contribution in [-0.2, 0) is 9.53 Å². The minimum Gasteiger partial charge on any atom is -0.394 e. The number of aldehydes is 1. The first-order valence-corrected chi connectivity index (χ1v) is 7.52. The first-order chi connectivity index (χ1) is 11.8. The average Bonchev–Trinajstić information content (AvgIpc) is 3.04. The molecule has 3 heterocycles. The van der Waals surface area contributed by atoms with Gasteiger partial charge in [0.05, 0.1) is 12.0 Å². The standard InChI is InChI=1S/C15H17FN4O5/c1-7(23)19-12-10-8(4-21)3-20(13(10)18-6-17-12)14-15(2,16)11(24)9(5-22)25-14/h3-4,6,9,11,14,22,24H,5H2,1-2H3,(H,17,18,19,23)/t9?,11?,14-,15-/m1/s1. The second-order valence-corrected chi connectivity index (χ2v) is 6.02. The Bertz CT molecular complexity index is 837. The van der Waals surface area contributed by atoms with Crippen LogP contribution in [0.4, 0.5) is 10.2 Å². The number of carbonyl (C=O) groups is 2. The second-order valence-electron chi connectivity index (χ2n) is 6.02. The van der Waals surface area contributed by atoms with Crippen LogP contribution in [0.25, 0.3) is 11.0 Å². The van der Waals surface area contributed by atoms with Gasteiger partial charge in [-0.1, -0.05) is 0 Å². The number of anilines is 1. The number of ether oxygens (including phenoxy) is 1. The van der Waals surface area contributed by atoms with Gasteiger partial charge in [0.2, 0.25) is 5.91 Å². The van der Waals surface area contributed by atoms with Crippen LogP contribution in [0.3, 0.4) is 0 Å². The van der Waals surface area contributed by atoms with Crippen LogP contribution >= 0.6 is 0 Å². The summed E-state index contributed by atoms with van der Waals surface area (Å²) in [5.41, 5.74) is -1.96. The minimum atomic E-state index is -2.24. The van der Waals surface area contributed by atoms with Crippen molar-refractivity contribution in [1.29, 1.82) is 0 Å². The van der Waals surface area contributed by atoms with Gasteiger partial charge in [-0.15, -0.1) is 0 Å². The molecule has 1 aliphatic heterocycles. The zero-order chi connectivity index (χ0) is 18.4. The number of hydrogen-bond donors (Lipinski definition) is 3. The number of rotatable bonds is 4. The molecule has 1 saturated heterocycles. The molecular formula is C15H17FN4O5. The van der Waals surface area contributed by atoms with Crippen molar-refractivity contribution in [3.05, 3.63) is 18.1 Å². The predicted molar refractivity (Wildman–Crippen MR) is 83.7 cm³/mol. The molecule has 4 atom stereocenters. The molecule has 25 heavy (non-hydrogen) atoms. The SMILES string of the molecule is CC(=O)Nc1ncnc2c1c(C=O)cn2[C@@H]1OC(CO)C(O)[C@@]1(C)F. The number of aromatic nitrogens is 3. The monoisotopic (exact) mass is 352 g/mol. The molecule has 2 aromatic heterocycles. The molecular weight excluding hydrogens is 335 g/mol. The molecule has 0 spiro atoms. The number of nitrogens with one attached hydrogen (secondary N) is 1. The lowest BCUT2D eigenvalue weighted by Gasteiger charge is -2.25. The van der Waals surface area contributed by atoms with Crippen LogP contribution in [0.5, 0.6) is 0 Å². The molecule has 134 valence electrons. The van der Waals surface area contributed by atoms with Crippen molar-refractivity contribution < 1.29 is 28.9 Å². The predicted octanol–water partition coefficient (Wildman–Crippen LogP) is 0.181. The highest BCUT2D eigenvalue weighted by atomic mass is 19.1. The smallest absolute Gasteiger partial charge is 0.222 e. The van der Waals surface area contributed by atoms with Crippen LogP contribution in [0.2, 0.25) is 0 Å². The van der Waals surface area contributed by atoms with Crippen molar-refractivity contribution >= 4 is 29.0 Å². The molecule has 1 fully saturated rings. The van der Waals surface area contributed by atoms with E-state index in [9.17, 15) is 19.8 Å². The van der Waals surface area contributed by atoms with Crippen molar-refractivity contribution in [2.45, 2.75) is 38.0 Å².